The molecule has 1 aliphatic heterocycles. The van der Waals surface area contributed by atoms with E-state index in [0.717, 1.165) is 17.5 Å². The van der Waals surface area contributed by atoms with Gasteiger partial charge in [0.15, 0.2) is 11.5 Å². The highest BCUT2D eigenvalue weighted by Crippen LogP contribution is 2.47. The van der Waals surface area contributed by atoms with Crippen LogP contribution in [-0.4, -0.2) is 39.3 Å². The number of methoxy groups -OCH3 is 3. The average molecular weight is 524 g/mol. The summed E-state index contributed by atoms with van der Waals surface area (Å²) in [5.74, 6) is 1.27. The predicted molar refractivity (Wildman–Crippen MR) is 135 cm³/mol. The van der Waals surface area contributed by atoms with E-state index >= 15 is 0 Å². The Labute approximate surface area is 216 Å². The SMILES string of the molecule is COc1cc2c(OC)c3c(c(-c4ccc(N(C)c5cccc(C(F)(F)F)c5)nc4)c2cc1OC)COC3=O. The number of ether oxygens (including phenoxy) is 4. The van der Waals surface area contributed by atoms with E-state index in [0.29, 0.717) is 56.4 Å². The molecule has 7 nitrogen and oxygen atoms in total. The van der Waals surface area contributed by atoms with Crippen LogP contribution in [0.3, 0.4) is 0 Å². The monoisotopic (exact) mass is 524 g/mol. The summed E-state index contributed by atoms with van der Waals surface area (Å²) >= 11 is 0. The number of anilines is 2. The number of rotatable bonds is 6. The molecule has 0 unspecified atom stereocenters. The summed E-state index contributed by atoms with van der Waals surface area (Å²) in [5, 5.41) is 1.36. The third-order valence-electron chi connectivity index (χ3n) is 6.57. The molecule has 38 heavy (non-hydrogen) atoms. The predicted octanol–water partition coefficient (Wildman–Crippen LogP) is 6.38. The summed E-state index contributed by atoms with van der Waals surface area (Å²) in [6.07, 6.45) is -2.84. The molecule has 0 radical (unpaired) electrons. The molecule has 10 heteroatoms. The van der Waals surface area contributed by atoms with Crippen molar-refractivity contribution in [1.82, 2.24) is 4.98 Å². The van der Waals surface area contributed by atoms with Crippen molar-refractivity contribution in [2.24, 2.45) is 0 Å². The van der Waals surface area contributed by atoms with Crippen LogP contribution in [0, 0.1) is 0 Å². The number of pyridine rings is 1. The van der Waals surface area contributed by atoms with Crippen molar-refractivity contribution < 1.29 is 36.9 Å². The summed E-state index contributed by atoms with van der Waals surface area (Å²) in [7, 11) is 6.17. The Morgan fingerprint density at radius 2 is 1.63 bits per heavy atom. The Balaban J connectivity index is 1.65. The van der Waals surface area contributed by atoms with Crippen molar-refractivity contribution in [3.8, 4) is 28.4 Å². The van der Waals surface area contributed by atoms with Crippen LogP contribution in [0.15, 0.2) is 54.7 Å². The molecular weight excluding hydrogens is 501 g/mol. The van der Waals surface area contributed by atoms with Crippen LogP contribution in [0.25, 0.3) is 21.9 Å². The molecule has 4 aromatic rings. The van der Waals surface area contributed by atoms with Crippen LogP contribution in [0.2, 0.25) is 0 Å². The van der Waals surface area contributed by atoms with Crippen LogP contribution in [0.5, 0.6) is 17.2 Å². The van der Waals surface area contributed by atoms with E-state index < -0.39 is 17.7 Å². The van der Waals surface area contributed by atoms with Crippen molar-refractivity contribution in [3.05, 3.63) is 71.4 Å². The van der Waals surface area contributed by atoms with Crippen molar-refractivity contribution in [1.29, 1.82) is 0 Å². The van der Waals surface area contributed by atoms with Crippen LogP contribution in [0.1, 0.15) is 21.5 Å². The highest BCUT2D eigenvalue weighted by atomic mass is 19.4. The zero-order chi connectivity index (χ0) is 27.2. The first-order valence-corrected chi connectivity index (χ1v) is 11.5. The number of hydrogen-bond acceptors (Lipinski definition) is 7. The largest absolute Gasteiger partial charge is 0.495 e. The Bertz CT molecular complexity index is 1550. The van der Waals surface area contributed by atoms with Crippen molar-refractivity contribution in [2.75, 3.05) is 33.3 Å². The van der Waals surface area contributed by atoms with Crippen molar-refractivity contribution in [3.63, 3.8) is 0 Å². The van der Waals surface area contributed by atoms with Gasteiger partial charge in [-0.2, -0.15) is 13.2 Å². The minimum Gasteiger partial charge on any atom is -0.495 e. The van der Waals surface area contributed by atoms with Gasteiger partial charge in [0, 0.05) is 35.4 Å². The molecule has 0 amide bonds. The highest BCUT2D eigenvalue weighted by Gasteiger charge is 2.33. The van der Waals surface area contributed by atoms with Crippen LogP contribution < -0.4 is 19.1 Å². The van der Waals surface area contributed by atoms with Gasteiger partial charge in [-0.25, -0.2) is 9.78 Å². The molecule has 1 aliphatic rings. The van der Waals surface area contributed by atoms with E-state index in [1.54, 1.807) is 48.5 Å². The van der Waals surface area contributed by atoms with Crippen molar-refractivity contribution >= 4 is 28.2 Å². The molecule has 0 atom stereocenters. The fourth-order valence-electron chi connectivity index (χ4n) is 4.70. The number of nitrogens with zero attached hydrogens (tertiary/aromatic N) is 2. The van der Waals surface area contributed by atoms with Gasteiger partial charge in [-0.3, -0.25) is 0 Å². The van der Waals surface area contributed by atoms with E-state index in [4.69, 9.17) is 18.9 Å². The molecule has 0 bridgehead atoms. The Hall–Kier alpha value is -4.47. The first-order valence-electron chi connectivity index (χ1n) is 11.5. The first-order chi connectivity index (χ1) is 18.2. The first kappa shape index (κ1) is 25.2. The zero-order valence-electron chi connectivity index (χ0n) is 21.0. The normalized spacial score (nSPS) is 12.8. The standard InChI is InChI=1S/C28H23F3N2O5/c1-33(17-7-5-6-16(10-17)28(29,30)31)23-9-8-15(13-32-23)24-18-11-21(35-2)22(36-3)12-19(18)26(37-4)25-20(24)14-38-27(25)34/h5-13H,14H2,1-4H3. The summed E-state index contributed by atoms with van der Waals surface area (Å²) < 4.78 is 61.6. The molecule has 1 aromatic heterocycles. The lowest BCUT2D eigenvalue weighted by molar-refractivity contribution is -0.137. The molecule has 2 heterocycles. The second kappa shape index (κ2) is 9.44. The lowest BCUT2D eigenvalue weighted by Gasteiger charge is -2.21. The van der Waals surface area contributed by atoms with Gasteiger partial charge in [-0.15, -0.1) is 0 Å². The van der Waals surface area contributed by atoms with Gasteiger partial charge >= 0.3 is 12.1 Å². The molecule has 0 saturated carbocycles. The number of cyclic esters (lactones) is 1. The maximum atomic E-state index is 13.2. The van der Waals surface area contributed by atoms with E-state index in [9.17, 15) is 18.0 Å². The lowest BCUT2D eigenvalue weighted by Crippen LogP contribution is -2.13. The molecular formula is C28H23F3N2O5. The number of carbonyl (C=O) groups is 1. The number of aromatic nitrogens is 1. The molecule has 0 saturated heterocycles. The molecule has 5 rings (SSSR count). The zero-order valence-corrected chi connectivity index (χ0v) is 21.0. The minimum atomic E-state index is -4.45. The van der Waals surface area contributed by atoms with Gasteiger partial charge in [0.1, 0.15) is 23.7 Å². The average Bonchev–Trinajstić information content (AvgIpc) is 3.30. The molecule has 3 aromatic carbocycles. The van der Waals surface area contributed by atoms with Crippen LogP contribution >= 0.6 is 0 Å². The Morgan fingerprint density at radius 3 is 2.24 bits per heavy atom. The van der Waals surface area contributed by atoms with E-state index in [2.05, 4.69) is 4.98 Å². The number of fused-ring (bicyclic) bond motifs is 2. The number of halogens is 3. The fraction of sp³-hybridized carbons (Fsp3) is 0.214. The quantitative estimate of drug-likeness (QED) is 0.271. The number of benzene rings is 3. The molecule has 0 aliphatic carbocycles. The highest BCUT2D eigenvalue weighted by molar-refractivity contribution is 6.12. The second-order valence-corrected chi connectivity index (χ2v) is 8.60. The number of esters is 1. The number of hydrogen-bond donors (Lipinski definition) is 0. The molecule has 0 fully saturated rings. The third-order valence-corrected chi connectivity index (χ3v) is 6.57. The van der Waals surface area contributed by atoms with E-state index in [1.807, 2.05) is 0 Å². The number of alkyl halides is 3. The van der Waals surface area contributed by atoms with Crippen LogP contribution in [0.4, 0.5) is 24.7 Å². The van der Waals surface area contributed by atoms with E-state index in [-0.39, 0.29) is 6.61 Å². The van der Waals surface area contributed by atoms with E-state index in [1.165, 1.54) is 27.4 Å². The van der Waals surface area contributed by atoms with Gasteiger partial charge in [0.2, 0.25) is 0 Å². The Kier molecular flexibility index (Phi) is 6.26. The molecule has 0 N–H and O–H groups in total. The molecule has 0 spiro atoms. The summed E-state index contributed by atoms with van der Waals surface area (Å²) in [4.78, 5) is 18.8. The Morgan fingerprint density at radius 1 is 0.921 bits per heavy atom. The maximum absolute atomic E-state index is 13.2. The van der Waals surface area contributed by atoms with Crippen molar-refractivity contribution in [2.45, 2.75) is 12.8 Å². The third kappa shape index (κ3) is 4.11. The molecule has 196 valence electrons. The van der Waals surface area contributed by atoms with Gasteiger partial charge in [-0.1, -0.05) is 6.07 Å². The smallest absolute Gasteiger partial charge is 0.416 e. The summed E-state index contributed by atoms with van der Waals surface area (Å²) in [6, 6.07) is 12.1. The van der Waals surface area contributed by atoms with Gasteiger partial charge < -0.3 is 23.8 Å². The number of carbonyl (C=O) groups excluding carboxylic acids is 1. The van der Waals surface area contributed by atoms with Crippen LogP contribution in [-0.2, 0) is 17.5 Å². The van der Waals surface area contributed by atoms with Gasteiger partial charge in [-0.05, 0) is 53.4 Å². The fourth-order valence-corrected chi connectivity index (χ4v) is 4.70. The van der Waals surface area contributed by atoms with Gasteiger partial charge in [0.05, 0.1) is 26.9 Å². The topological polar surface area (TPSA) is 70.1 Å². The lowest BCUT2D eigenvalue weighted by atomic mass is 9.90. The second-order valence-electron chi connectivity index (χ2n) is 8.60. The maximum Gasteiger partial charge on any atom is 0.416 e. The van der Waals surface area contributed by atoms with Gasteiger partial charge in [0.25, 0.3) is 0 Å². The minimum absolute atomic E-state index is 0.0516. The summed E-state index contributed by atoms with van der Waals surface area (Å²) in [5.41, 5.74) is 1.96. The summed E-state index contributed by atoms with van der Waals surface area (Å²) in [6.45, 7) is 0.0516.